The summed E-state index contributed by atoms with van der Waals surface area (Å²) in [6, 6.07) is 5.27. The van der Waals surface area contributed by atoms with Crippen LogP contribution in [0.1, 0.15) is 17.5 Å². The molecule has 0 aromatic heterocycles. The van der Waals surface area contributed by atoms with Crippen LogP contribution in [-0.2, 0) is 4.79 Å². The van der Waals surface area contributed by atoms with Crippen LogP contribution < -0.4 is 10.6 Å². The molecule has 0 fully saturated rings. The molecule has 0 radical (unpaired) electrons. The van der Waals surface area contributed by atoms with Crippen LogP contribution in [0.2, 0.25) is 0 Å². The van der Waals surface area contributed by atoms with E-state index in [-0.39, 0.29) is 12.1 Å². The Kier molecular flexibility index (Phi) is 4.08. The molecule has 5 heteroatoms. The van der Waals surface area contributed by atoms with E-state index in [1.54, 1.807) is 12.2 Å². The van der Waals surface area contributed by atoms with Crippen molar-refractivity contribution in [2.45, 2.75) is 26.3 Å². The molecule has 5 nitrogen and oxygen atoms in total. The van der Waals surface area contributed by atoms with Gasteiger partial charge in [0.2, 0.25) is 0 Å². The van der Waals surface area contributed by atoms with E-state index < -0.39 is 11.9 Å². The van der Waals surface area contributed by atoms with Crippen LogP contribution in [0.3, 0.4) is 0 Å². The first-order chi connectivity index (χ1) is 9.45. The van der Waals surface area contributed by atoms with Crippen molar-refractivity contribution in [3.63, 3.8) is 0 Å². The SMILES string of the molecule is Cc1ccc(C)c(NC(=O)NC2C=CC(C(=O)O)C2)c1. The molecule has 0 saturated carbocycles. The zero-order chi connectivity index (χ0) is 14.7. The van der Waals surface area contributed by atoms with Crippen molar-refractivity contribution in [1.29, 1.82) is 0 Å². The van der Waals surface area contributed by atoms with E-state index in [1.165, 1.54) is 0 Å². The minimum Gasteiger partial charge on any atom is -0.481 e. The second kappa shape index (κ2) is 5.77. The molecule has 0 aliphatic heterocycles. The number of aliphatic carboxylic acids is 1. The number of nitrogens with one attached hydrogen (secondary N) is 2. The third kappa shape index (κ3) is 3.38. The van der Waals surface area contributed by atoms with E-state index in [0.717, 1.165) is 16.8 Å². The highest BCUT2D eigenvalue weighted by atomic mass is 16.4. The second-order valence-electron chi connectivity index (χ2n) is 5.09. The Bertz CT molecular complexity index is 566. The first kappa shape index (κ1) is 14.1. The molecule has 0 heterocycles. The molecule has 3 N–H and O–H groups in total. The fourth-order valence-corrected chi connectivity index (χ4v) is 2.19. The minimum absolute atomic E-state index is 0.235. The Labute approximate surface area is 117 Å². The van der Waals surface area contributed by atoms with Crippen molar-refractivity contribution >= 4 is 17.7 Å². The lowest BCUT2D eigenvalue weighted by Crippen LogP contribution is -2.36. The van der Waals surface area contributed by atoms with Crippen LogP contribution in [0.4, 0.5) is 10.5 Å². The smallest absolute Gasteiger partial charge is 0.319 e. The van der Waals surface area contributed by atoms with Gasteiger partial charge in [-0.05, 0) is 37.5 Å². The maximum absolute atomic E-state index is 11.9. The molecule has 2 atom stereocenters. The predicted molar refractivity (Wildman–Crippen MR) is 76.7 cm³/mol. The van der Waals surface area contributed by atoms with Crippen LogP contribution in [0, 0.1) is 19.8 Å². The lowest BCUT2D eigenvalue weighted by molar-refractivity contribution is -0.140. The molecule has 1 aliphatic rings. The summed E-state index contributed by atoms with van der Waals surface area (Å²) in [6.45, 7) is 3.88. The number of carbonyl (C=O) groups is 2. The molecule has 1 aromatic rings. The van der Waals surface area contributed by atoms with Gasteiger partial charge in [-0.2, -0.15) is 0 Å². The number of carboxylic acids is 1. The monoisotopic (exact) mass is 274 g/mol. The van der Waals surface area contributed by atoms with Gasteiger partial charge < -0.3 is 15.7 Å². The van der Waals surface area contributed by atoms with Crippen molar-refractivity contribution in [1.82, 2.24) is 5.32 Å². The van der Waals surface area contributed by atoms with Crippen LogP contribution in [0.25, 0.3) is 0 Å². The van der Waals surface area contributed by atoms with Gasteiger partial charge in [0.15, 0.2) is 0 Å². The van der Waals surface area contributed by atoms with Crippen molar-refractivity contribution < 1.29 is 14.7 Å². The van der Waals surface area contributed by atoms with E-state index in [1.807, 2.05) is 32.0 Å². The molecule has 20 heavy (non-hydrogen) atoms. The molecular formula is C15H18N2O3. The largest absolute Gasteiger partial charge is 0.481 e. The molecule has 2 unspecified atom stereocenters. The summed E-state index contributed by atoms with van der Waals surface area (Å²) < 4.78 is 0. The summed E-state index contributed by atoms with van der Waals surface area (Å²) in [5.74, 6) is -1.37. The zero-order valence-electron chi connectivity index (χ0n) is 11.5. The van der Waals surface area contributed by atoms with Gasteiger partial charge in [-0.3, -0.25) is 4.79 Å². The van der Waals surface area contributed by atoms with Crippen molar-refractivity contribution in [2.24, 2.45) is 5.92 Å². The summed E-state index contributed by atoms with van der Waals surface area (Å²) in [6.07, 6.45) is 3.74. The summed E-state index contributed by atoms with van der Waals surface area (Å²) >= 11 is 0. The van der Waals surface area contributed by atoms with Gasteiger partial charge in [0.1, 0.15) is 0 Å². The van der Waals surface area contributed by atoms with Crippen LogP contribution >= 0.6 is 0 Å². The molecule has 2 rings (SSSR count). The molecule has 1 aromatic carbocycles. The van der Waals surface area contributed by atoms with E-state index in [9.17, 15) is 9.59 Å². The molecule has 1 aliphatic carbocycles. The number of hydrogen-bond acceptors (Lipinski definition) is 2. The van der Waals surface area contributed by atoms with Gasteiger partial charge in [0, 0.05) is 5.69 Å². The van der Waals surface area contributed by atoms with Crippen LogP contribution in [0.5, 0.6) is 0 Å². The van der Waals surface area contributed by atoms with Crippen molar-refractivity contribution in [3.8, 4) is 0 Å². The number of rotatable bonds is 3. The van der Waals surface area contributed by atoms with E-state index >= 15 is 0 Å². The number of urea groups is 1. The molecular weight excluding hydrogens is 256 g/mol. The number of amides is 2. The maximum Gasteiger partial charge on any atom is 0.319 e. The Morgan fingerprint density at radius 3 is 2.65 bits per heavy atom. The first-order valence-corrected chi connectivity index (χ1v) is 6.51. The summed E-state index contributed by atoms with van der Waals surface area (Å²) in [7, 11) is 0. The van der Waals surface area contributed by atoms with Gasteiger partial charge in [-0.25, -0.2) is 4.79 Å². The second-order valence-corrected chi connectivity index (χ2v) is 5.09. The van der Waals surface area contributed by atoms with Gasteiger partial charge in [0.05, 0.1) is 12.0 Å². The molecule has 0 saturated heterocycles. The highest BCUT2D eigenvalue weighted by Crippen LogP contribution is 2.19. The van der Waals surface area contributed by atoms with Gasteiger partial charge in [0.25, 0.3) is 0 Å². The Balaban J connectivity index is 1.92. The summed E-state index contributed by atoms with van der Waals surface area (Å²) in [5, 5.41) is 14.4. The van der Waals surface area contributed by atoms with Gasteiger partial charge in [-0.1, -0.05) is 24.3 Å². The standard InChI is InChI=1S/C15H18N2O3/c1-9-3-4-10(2)13(7-9)17-15(20)16-12-6-5-11(8-12)14(18)19/h3-7,11-12H,8H2,1-2H3,(H,18,19)(H2,16,17,20). The Morgan fingerprint density at radius 2 is 2.00 bits per heavy atom. The first-order valence-electron chi connectivity index (χ1n) is 6.51. The maximum atomic E-state index is 11.9. The molecule has 2 amide bonds. The lowest BCUT2D eigenvalue weighted by atomic mass is 10.1. The number of benzene rings is 1. The van der Waals surface area contributed by atoms with Crippen molar-refractivity contribution in [3.05, 3.63) is 41.5 Å². The van der Waals surface area contributed by atoms with Gasteiger partial charge >= 0.3 is 12.0 Å². The normalized spacial score (nSPS) is 20.7. The van der Waals surface area contributed by atoms with E-state index in [4.69, 9.17) is 5.11 Å². The fourth-order valence-electron chi connectivity index (χ4n) is 2.19. The number of carboxylic acid groups (broad SMARTS) is 1. The lowest BCUT2D eigenvalue weighted by Gasteiger charge is -2.14. The Hall–Kier alpha value is -2.30. The molecule has 0 spiro atoms. The topological polar surface area (TPSA) is 78.4 Å². The summed E-state index contributed by atoms with van der Waals surface area (Å²) in [4.78, 5) is 22.7. The molecule has 0 bridgehead atoms. The number of carbonyl (C=O) groups excluding carboxylic acids is 1. The third-order valence-electron chi connectivity index (χ3n) is 3.36. The Morgan fingerprint density at radius 1 is 1.25 bits per heavy atom. The van der Waals surface area contributed by atoms with E-state index in [2.05, 4.69) is 10.6 Å². The van der Waals surface area contributed by atoms with E-state index in [0.29, 0.717) is 6.42 Å². The summed E-state index contributed by atoms with van der Waals surface area (Å²) in [5.41, 5.74) is 2.81. The van der Waals surface area contributed by atoms with Crippen LogP contribution in [0.15, 0.2) is 30.4 Å². The predicted octanol–water partition coefficient (Wildman–Crippen LogP) is 2.45. The zero-order valence-corrected chi connectivity index (χ0v) is 11.5. The number of aryl methyl sites for hydroxylation is 2. The number of hydrogen-bond donors (Lipinski definition) is 3. The third-order valence-corrected chi connectivity index (χ3v) is 3.36. The fraction of sp³-hybridized carbons (Fsp3) is 0.333. The van der Waals surface area contributed by atoms with Crippen LogP contribution in [-0.4, -0.2) is 23.1 Å². The minimum atomic E-state index is -0.861. The quantitative estimate of drug-likeness (QED) is 0.741. The number of anilines is 1. The highest BCUT2D eigenvalue weighted by Gasteiger charge is 2.25. The van der Waals surface area contributed by atoms with Crippen molar-refractivity contribution in [2.75, 3.05) is 5.32 Å². The average Bonchev–Trinajstić information content (AvgIpc) is 2.82. The highest BCUT2D eigenvalue weighted by molar-refractivity contribution is 5.90. The average molecular weight is 274 g/mol. The molecule has 106 valence electrons. The van der Waals surface area contributed by atoms with Gasteiger partial charge in [-0.15, -0.1) is 0 Å².